The molecule has 1 atom stereocenters. The first-order valence-electron chi connectivity index (χ1n) is 10.6. The highest BCUT2D eigenvalue weighted by Gasteiger charge is 2.23. The molecule has 0 spiro atoms. The van der Waals surface area contributed by atoms with Gasteiger partial charge in [0.25, 0.3) is 0 Å². The van der Waals surface area contributed by atoms with Crippen LogP contribution in [0.15, 0.2) is 23.1 Å². The molecule has 0 aliphatic carbocycles. The number of aryl methyl sites for hydroxylation is 1. The average Bonchev–Trinajstić information content (AvgIpc) is 2.69. The van der Waals surface area contributed by atoms with Gasteiger partial charge in [0.1, 0.15) is 17.8 Å². The molecule has 8 heteroatoms. The van der Waals surface area contributed by atoms with Crippen LogP contribution in [0.25, 0.3) is 10.9 Å². The lowest BCUT2D eigenvalue weighted by atomic mass is 9.94. The first-order chi connectivity index (χ1) is 15.1. The minimum atomic E-state index is -1.23. The first kappa shape index (κ1) is 23.4. The summed E-state index contributed by atoms with van der Waals surface area (Å²) in [5.74, 6) is 4.66. The summed E-state index contributed by atoms with van der Waals surface area (Å²) in [6.07, 6.45) is 2.60. The second-order valence-corrected chi connectivity index (χ2v) is 8.79. The van der Waals surface area contributed by atoms with Crippen molar-refractivity contribution in [1.82, 2.24) is 9.88 Å². The molecule has 8 nitrogen and oxygen atoms in total. The maximum Gasteiger partial charge on any atom is 0.407 e. The monoisotopic (exact) mass is 440 g/mol. The van der Waals surface area contributed by atoms with E-state index in [1.165, 1.54) is 6.20 Å². The number of pyridine rings is 1. The van der Waals surface area contributed by atoms with Gasteiger partial charge in [-0.3, -0.25) is 4.79 Å². The summed E-state index contributed by atoms with van der Waals surface area (Å²) in [5, 5.41) is 12.4. The van der Waals surface area contributed by atoms with E-state index in [1.807, 2.05) is 17.6 Å². The number of alkyl carbamates (subject to hydrolysis) is 1. The highest BCUT2D eigenvalue weighted by atomic mass is 16.6. The number of carbonyl (C=O) groups is 2. The van der Waals surface area contributed by atoms with Gasteiger partial charge < -0.3 is 24.5 Å². The molecule has 2 N–H and O–H groups in total. The maximum atomic E-state index is 12.8. The zero-order valence-corrected chi connectivity index (χ0v) is 18.8. The van der Waals surface area contributed by atoms with Crippen LogP contribution in [0.2, 0.25) is 0 Å². The van der Waals surface area contributed by atoms with Crippen molar-refractivity contribution >= 4 is 23.0 Å². The average molecular weight is 440 g/mol. The molecule has 0 saturated carbocycles. The molecule has 0 radical (unpaired) electrons. The van der Waals surface area contributed by atoms with Crippen molar-refractivity contribution in [3.8, 4) is 11.8 Å². The van der Waals surface area contributed by atoms with Gasteiger partial charge in [0, 0.05) is 29.7 Å². The zero-order chi connectivity index (χ0) is 23.5. The SMILES string of the molecule is C[C@@H]1CCc2cc(C#CCOCCNC(=O)OC(C)(C)C)cc3c(=O)c(C(=O)O)cn1c23. The van der Waals surface area contributed by atoms with E-state index in [1.54, 1.807) is 26.8 Å². The molecule has 0 fully saturated rings. The van der Waals surface area contributed by atoms with Gasteiger partial charge in [-0.25, -0.2) is 9.59 Å². The number of rotatable bonds is 5. The van der Waals surface area contributed by atoms with E-state index >= 15 is 0 Å². The van der Waals surface area contributed by atoms with Crippen LogP contribution in [0.3, 0.4) is 0 Å². The number of benzene rings is 1. The van der Waals surface area contributed by atoms with Gasteiger partial charge in [0.2, 0.25) is 5.43 Å². The fourth-order valence-corrected chi connectivity index (χ4v) is 3.65. The Labute approximate surface area is 186 Å². The Balaban J connectivity index is 1.69. The highest BCUT2D eigenvalue weighted by molar-refractivity contribution is 5.94. The summed E-state index contributed by atoms with van der Waals surface area (Å²) in [6, 6.07) is 3.71. The molecular weight excluding hydrogens is 412 g/mol. The topological polar surface area (TPSA) is 107 Å². The van der Waals surface area contributed by atoms with Crippen LogP contribution in [-0.4, -0.2) is 47.1 Å². The number of aromatic carboxylic acids is 1. The lowest BCUT2D eigenvalue weighted by molar-refractivity contribution is 0.0506. The van der Waals surface area contributed by atoms with E-state index < -0.39 is 23.1 Å². The molecule has 0 unspecified atom stereocenters. The largest absolute Gasteiger partial charge is 0.477 e. The molecule has 1 aromatic heterocycles. The lowest BCUT2D eigenvalue weighted by Crippen LogP contribution is -2.34. The molecule has 170 valence electrons. The minimum absolute atomic E-state index is 0.114. The predicted molar refractivity (Wildman–Crippen MR) is 120 cm³/mol. The molecule has 1 aliphatic heterocycles. The number of carboxylic acid groups (broad SMARTS) is 1. The summed E-state index contributed by atoms with van der Waals surface area (Å²) in [6.45, 7) is 8.11. The van der Waals surface area contributed by atoms with E-state index in [-0.39, 0.29) is 24.8 Å². The number of hydrogen-bond acceptors (Lipinski definition) is 5. The number of ether oxygens (including phenoxy) is 2. The first-order valence-corrected chi connectivity index (χ1v) is 10.6. The van der Waals surface area contributed by atoms with Crippen LogP contribution < -0.4 is 10.7 Å². The Morgan fingerprint density at radius 2 is 2.06 bits per heavy atom. The van der Waals surface area contributed by atoms with Crippen molar-refractivity contribution in [1.29, 1.82) is 0 Å². The van der Waals surface area contributed by atoms with E-state index in [0.29, 0.717) is 17.5 Å². The van der Waals surface area contributed by atoms with Crippen molar-refractivity contribution in [2.75, 3.05) is 19.8 Å². The Kier molecular flexibility index (Phi) is 6.90. The number of carboxylic acids is 1. The standard InChI is InChI=1S/C24H28N2O6/c1-15-7-8-17-12-16(6-5-10-31-11-9-25-23(30)32-24(2,3)4)13-18-20(17)26(15)14-19(21(18)27)22(28)29/h12-15H,7-11H2,1-4H3,(H,25,30)(H,28,29)/t15-/m1/s1. The molecule has 32 heavy (non-hydrogen) atoms. The van der Waals surface area contributed by atoms with Crippen LogP contribution in [-0.2, 0) is 15.9 Å². The van der Waals surface area contributed by atoms with E-state index in [4.69, 9.17) is 9.47 Å². The van der Waals surface area contributed by atoms with Gasteiger partial charge in [-0.1, -0.05) is 11.8 Å². The van der Waals surface area contributed by atoms with E-state index in [0.717, 1.165) is 23.9 Å². The second-order valence-electron chi connectivity index (χ2n) is 8.79. The summed E-state index contributed by atoms with van der Waals surface area (Å²) >= 11 is 0. The van der Waals surface area contributed by atoms with Crippen molar-refractivity contribution in [2.24, 2.45) is 0 Å². The fraction of sp³-hybridized carbons (Fsp3) is 0.458. The van der Waals surface area contributed by atoms with Crippen LogP contribution in [0.5, 0.6) is 0 Å². The maximum absolute atomic E-state index is 12.8. The molecule has 1 amide bonds. The Hall–Kier alpha value is -3.31. The number of aromatic nitrogens is 1. The molecule has 2 aromatic rings. The molecule has 0 bridgehead atoms. The number of amides is 1. The van der Waals surface area contributed by atoms with Gasteiger partial charge in [-0.15, -0.1) is 0 Å². The minimum Gasteiger partial charge on any atom is -0.477 e. The molecule has 1 aliphatic rings. The smallest absolute Gasteiger partial charge is 0.407 e. The normalized spacial score (nSPS) is 15.1. The van der Waals surface area contributed by atoms with Gasteiger partial charge >= 0.3 is 12.1 Å². The van der Waals surface area contributed by atoms with Crippen molar-refractivity contribution in [2.45, 2.75) is 52.2 Å². The fourth-order valence-electron chi connectivity index (χ4n) is 3.65. The van der Waals surface area contributed by atoms with Crippen LogP contribution in [0, 0.1) is 11.8 Å². The second kappa shape index (κ2) is 9.45. The number of nitrogens with one attached hydrogen (secondary N) is 1. The molecule has 1 aromatic carbocycles. The van der Waals surface area contributed by atoms with Crippen molar-refractivity contribution in [3.63, 3.8) is 0 Å². The van der Waals surface area contributed by atoms with Gasteiger partial charge in [-0.2, -0.15) is 0 Å². The third-order valence-corrected chi connectivity index (χ3v) is 5.06. The highest BCUT2D eigenvalue weighted by Crippen LogP contribution is 2.30. The Bertz CT molecular complexity index is 1160. The van der Waals surface area contributed by atoms with Crippen molar-refractivity contribution in [3.05, 3.63) is 45.2 Å². The quantitative estimate of drug-likeness (QED) is 0.547. The Morgan fingerprint density at radius 3 is 2.75 bits per heavy atom. The molecule has 3 rings (SSSR count). The summed E-state index contributed by atoms with van der Waals surface area (Å²) in [5.41, 5.74) is 1.14. The third-order valence-electron chi connectivity index (χ3n) is 5.06. The molecule has 0 saturated heterocycles. The van der Waals surface area contributed by atoms with Crippen LogP contribution in [0.4, 0.5) is 4.79 Å². The lowest BCUT2D eigenvalue weighted by Gasteiger charge is -2.26. The van der Waals surface area contributed by atoms with Gasteiger partial charge in [0.15, 0.2) is 0 Å². The van der Waals surface area contributed by atoms with E-state index in [9.17, 15) is 19.5 Å². The summed E-state index contributed by atoms with van der Waals surface area (Å²) in [4.78, 5) is 35.9. The summed E-state index contributed by atoms with van der Waals surface area (Å²) < 4.78 is 12.4. The van der Waals surface area contributed by atoms with Gasteiger partial charge in [0.05, 0.1) is 12.1 Å². The number of hydrogen-bond donors (Lipinski definition) is 2. The third kappa shape index (κ3) is 5.48. The summed E-state index contributed by atoms with van der Waals surface area (Å²) in [7, 11) is 0. The predicted octanol–water partition coefficient (Wildman–Crippen LogP) is 3.10. The number of carbonyl (C=O) groups excluding carboxylic acids is 1. The van der Waals surface area contributed by atoms with Crippen molar-refractivity contribution < 1.29 is 24.2 Å². The zero-order valence-electron chi connectivity index (χ0n) is 18.8. The van der Waals surface area contributed by atoms with Crippen LogP contribution in [0.1, 0.15) is 61.6 Å². The number of nitrogens with zero attached hydrogens (tertiary/aromatic N) is 1. The van der Waals surface area contributed by atoms with E-state index in [2.05, 4.69) is 17.2 Å². The van der Waals surface area contributed by atoms with Gasteiger partial charge in [-0.05, 0) is 58.2 Å². The molecule has 2 heterocycles. The molecular formula is C24H28N2O6. The van der Waals surface area contributed by atoms with Crippen LogP contribution >= 0.6 is 0 Å². The Morgan fingerprint density at radius 1 is 1.31 bits per heavy atom.